The average molecular weight is 376 g/mol. The van der Waals surface area contributed by atoms with Gasteiger partial charge in [0.25, 0.3) is 0 Å². The van der Waals surface area contributed by atoms with E-state index < -0.39 is 11.9 Å². The summed E-state index contributed by atoms with van der Waals surface area (Å²) in [6.07, 6.45) is 1.07. The number of hydrogen-bond acceptors (Lipinski definition) is 4. The van der Waals surface area contributed by atoms with Crippen LogP contribution in [0.5, 0.6) is 5.75 Å². The molecule has 5 heteroatoms. The maximum absolute atomic E-state index is 12.3. The molecule has 0 aliphatic carbocycles. The van der Waals surface area contributed by atoms with Gasteiger partial charge in [-0.3, -0.25) is 4.79 Å². The van der Waals surface area contributed by atoms with E-state index in [0.29, 0.717) is 12.3 Å². The maximum atomic E-state index is 12.3. The van der Waals surface area contributed by atoms with Crippen LogP contribution in [0.25, 0.3) is 0 Å². The molecule has 27 heavy (non-hydrogen) atoms. The minimum absolute atomic E-state index is 0.00669. The molecule has 1 amide bonds. The van der Waals surface area contributed by atoms with Crippen LogP contribution in [0.15, 0.2) is 24.8 Å². The molecule has 2 N–H and O–H groups in total. The number of phenolic OH excluding ortho intramolecular Hbond substituents is 1. The van der Waals surface area contributed by atoms with Crippen LogP contribution < -0.4 is 5.32 Å². The van der Waals surface area contributed by atoms with E-state index in [9.17, 15) is 14.7 Å². The molecule has 0 radical (unpaired) electrons. The van der Waals surface area contributed by atoms with Crippen molar-refractivity contribution in [3.8, 4) is 5.75 Å². The molecule has 1 unspecified atom stereocenters. The third-order valence-corrected chi connectivity index (χ3v) is 4.34. The molecule has 0 aliphatic heterocycles. The highest BCUT2D eigenvalue weighted by molar-refractivity contribution is 5.82. The maximum Gasteiger partial charge on any atom is 0.330 e. The molecule has 150 valence electrons. The highest BCUT2D eigenvalue weighted by Gasteiger charge is 2.26. The van der Waals surface area contributed by atoms with E-state index in [-0.39, 0.29) is 23.3 Å². The molecule has 0 saturated carbocycles. The topological polar surface area (TPSA) is 75.6 Å². The largest absolute Gasteiger partial charge is 0.507 e. The van der Waals surface area contributed by atoms with Crippen molar-refractivity contribution in [1.29, 1.82) is 0 Å². The quantitative estimate of drug-likeness (QED) is 0.583. The second-order valence-electron chi connectivity index (χ2n) is 8.99. The number of ether oxygens (including phenoxy) is 1. The van der Waals surface area contributed by atoms with Crippen LogP contribution in [-0.4, -0.2) is 23.6 Å². The van der Waals surface area contributed by atoms with Gasteiger partial charge in [0, 0.05) is 12.6 Å². The minimum atomic E-state index is -0.544. The Morgan fingerprint density at radius 2 is 1.63 bits per heavy atom. The first-order chi connectivity index (χ1) is 12.3. The van der Waals surface area contributed by atoms with Gasteiger partial charge < -0.3 is 15.2 Å². The number of carbonyl (C=O) groups is 2. The van der Waals surface area contributed by atoms with Gasteiger partial charge in [0.1, 0.15) is 12.4 Å². The third kappa shape index (κ3) is 6.42. The number of carbonyl (C=O) groups excluding carboxylic acids is 2. The summed E-state index contributed by atoms with van der Waals surface area (Å²) in [7, 11) is 0. The molecule has 0 bridgehead atoms. The lowest BCUT2D eigenvalue weighted by molar-refractivity contribution is -0.140. The van der Waals surface area contributed by atoms with Gasteiger partial charge in [-0.25, -0.2) is 4.79 Å². The van der Waals surface area contributed by atoms with Gasteiger partial charge in [0.05, 0.1) is 5.92 Å². The van der Waals surface area contributed by atoms with Gasteiger partial charge in [-0.1, -0.05) is 55.0 Å². The van der Waals surface area contributed by atoms with Gasteiger partial charge in [-0.15, -0.1) is 0 Å². The molecule has 0 aliphatic rings. The monoisotopic (exact) mass is 375 g/mol. The molecule has 0 spiro atoms. The van der Waals surface area contributed by atoms with Crippen molar-refractivity contribution in [3.05, 3.63) is 41.5 Å². The molecular weight excluding hydrogens is 342 g/mol. The molecule has 1 aromatic rings. The first-order valence-corrected chi connectivity index (χ1v) is 9.21. The number of aromatic hydroxyl groups is 1. The minimum Gasteiger partial charge on any atom is -0.507 e. The molecular formula is C22H33NO4. The van der Waals surface area contributed by atoms with Gasteiger partial charge >= 0.3 is 5.97 Å². The van der Waals surface area contributed by atoms with Crippen LogP contribution >= 0.6 is 0 Å². The lowest BCUT2D eigenvalue weighted by Gasteiger charge is -2.28. The van der Waals surface area contributed by atoms with Crippen LogP contribution in [0.3, 0.4) is 0 Å². The molecule has 0 heterocycles. The Labute approximate surface area is 162 Å². The fourth-order valence-corrected chi connectivity index (χ4v) is 2.64. The van der Waals surface area contributed by atoms with Crippen molar-refractivity contribution in [1.82, 2.24) is 5.32 Å². The van der Waals surface area contributed by atoms with E-state index in [1.165, 1.54) is 0 Å². The Bertz CT molecular complexity index is 673. The summed E-state index contributed by atoms with van der Waals surface area (Å²) in [6, 6.07) is 3.88. The number of amides is 1. The van der Waals surface area contributed by atoms with Crippen LogP contribution in [0.2, 0.25) is 0 Å². The van der Waals surface area contributed by atoms with Crippen LogP contribution in [0.1, 0.15) is 65.2 Å². The first-order valence-electron chi connectivity index (χ1n) is 9.21. The van der Waals surface area contributed by atoms with Crippen molar-refractivity contribution in [2.45, 2.75) is 65.8 Å². The smallest absolute Gasteiger partial charge is 0.330 e. The second kappa shape index (κ2) is 8.59. The highest BCUT2D eigenvalue weighted by Crippen LogP contribution is 2.39. The van der Waals surface area contributed by atoms with Crippen molar-refractivity contribution in [3.63, 3.8) is 0 Å². The lowest BCUT2D eigenvalue weighted by Crippen LogP contribution is -2.32. The van der Waals surface area contributed by atoms with Gasteiger partial charge in [0.2, 0.25) is 5.91 Å². The summed E-state index contributed by atoms with van der Waals surface area (Å²) in [5.74, 6) is -0.891. The Hall–Kier alpha value is -2.30. The average Bonchev–Trinajstić information content (AvgIpc) is 2.55. The number of rotatable bonds is 6. The molecule has 0 fully saturated rings. The van der Waals surface area contributed by atoms with Crippen LogP contribution in [0, 0.1) is 5.92 Å². The Kier molecular flexibility index (Phi) is 7.24. The summed E-state index contributed by atoms with van der Waals surface area (Å²) in [5, 5.41) is 13.6. The Balaban J connectivity index is 2.99. The number of nitrogens with one attached hydrogen (secondary N) is 1. The van der Waals surface area contributed by atoms with Crippen LogP contribution in [0.4, 0.5) is 0 Å². The van der Waals surface area contributed by atoms with E-state index >= 15 is 0 Å². The fraction of sp³-hybridized carbons (Fsp3) is 0.545. The lowest BCUT2D eigenvalue weighted by atomic mass is 9.78. The number of hydrogen-bond donors (Lipinski definition) is 2. The van der Waals surface area contributed by atoms with E-state index in [2.05, 4.69) is 11.9 Å². The molecule has 1 atom stereocenters. The molecule has 1 rings (SSSR count). The fourth-order valence-electron chi connectivity index (χ4n) is 2.64. The summed E-state index contributed by atoms with van der Waals surface area (Å²) in [4.78, 5) is 23.4. The van der Waals surface area contributed by atoms with Crippen molar-refractivity contribution in [2.75, 3.05) is 6.61 Å². The number of benzene rings is 1. The van der Waals surface area contributed by atoms with E-state index in [4.69, 9.17) is 4.74 Å². The molecule has 0 aromatic heterocycles. The van der Waals surface area contributed by atoms with Gasteiger partial charge in [-0.05, 0) is 39.7 Å². The van der Waals surface area contributed by atoms with Crippen molar-refractivity contribution in [2.24, 2.45) is 5.92 Å². The zero-order valence-corrected chi connectivity index (χ0v) is 17.6. The van der Waals surface area contributed by atoms with Gasteiger partial charge in [-0.2, -0.15) is 0 Å². The predicted octanol–water partition coefficient (Wildman–Crippen LogP) is 3.97. The highest BCUT2D eigenvalue weighted by atomic mass is 16.5. The summed E-state index contributed by atoms with van der Waals surface area (Å²) in [6.45, 7) is 17.7. The zero-order valence-electron chi connectivity index (χ0n) is 17.6. The number of esters is 1. The summed E-state index contributed by atoms with van der Waals surface area (Å²) in [5.41, 5.74) is 2.18. The molecule has 0 saturated heterocycles. The SMILES string of the molecule is C=CC(=O)OCC(C)C(=O)NCc1cc(C(C)(C)C)c(O)c(C(C)(C)C)c1. The Morgan fingerprint density at radius 1 is 1.15 bits per heavy atom. The zero-order chi connectivity index (χ0) is 21.0. The predicted molar refractivity (Wildman–Crippen MR) is 108 cm³/mol. The first kappa shape index (κ1) is 22.7. The van der Waals surface area contributed by atoms with Crippen LogP contribution in [-0.2, 0) is 31.7 Å². The van der Waals surface area contributed by atoms with E-state index in [0.717, 1.165) is 22.8 Å². The molecule has 1 aromatic carbocycles. The second-order valence-corrected chi connectivity index (χ2v) is 8.99. The summed E-state index contributed by atoms with van der Waals surface area (Å²) < 4.78 is 4.92. The Morgan fingerprint density at radius 3 is 2.04 bits per heavy atom. The van der Waals surface area contributed by atoms with Crippen molar-refractivity contribution >= 4 is 11.9 Å². The van der Waals surface area contributed by atoms with Gasteiger partial charge in [0.15, 0.2) is 0 Å². The molecule has 5 nitrogen and oxygen atoms in total. The van der Waals surface area contributed by atoms with E-state index in [1.807, 2.05) is 53.7 Å². The third-order valence-electron chi connectivity index (χ3n) is 4.34. The van der Waals surface area contributed by atoms with Crippen molar-refractivity contribution < 1.29 is 19.4 Å². The number of phenols is 1. The normalized spacial score (nSPS) is 13.0. The standard InChI is InChI=1S/C22H33NO4/c1-9-18(24)27-13-14(2)20(26)23-12-15-10-16(21(3,4)5)19(25)17(11-15)22(6,7)8/h9-11,14,25H,1,12-13H2,2-8H3,(H,23,26). The summed E-state index contributed by atoms with van der Waals surface area (Å²) >= 11 is 0. The van der Waals surface area contributed by atoms with E-state index in [1.54, 1.807) is 6.92 Å².